The summed E-state index contributed by atoms with van der Waals surface area (Å²) < 4.78 is -0.577. The van der Waals surface area contributed by atoms with Crippen molar-refractivity contribution in [1.82, 2.24) is 0 Å². The quantitative estimate of drug-likeness (QED) is 0.462. The third-order valence-electron chi connectivity index (χ3n) is 8.92. The molecule has 0 saturated heterocycles. The predicted octanol–water partition coefficient (Wildman–Crippen LogP) is 7.58. The van der Waals surface area contributed by atoms with Crippen LogP contribution in [0.2, 0.25) is 5.02 Å². The van der Waals surface area contributed by atoms with E-state index in [-0.39, 0.29) is 16.7 Å². The van der Waals surface area contributed by atoms with Gasteiger partial charge in [0.25, 0.3) is 0 Å². The van der Waals surface area contributed by atoms with Gasteiger partial charge in [0, 0.05) is 15.8 Å². The van der Waals surface area contributed by atoms with E-state index >= 15 is 0 Å². The molecular weight excluding hydrogens is 384 g/mol. The van der Waals surface area contributed by atoms with Crippen LogP contribution in [0, 0.1) is 28.6 Å². The largest absolute Gasteiger partial charge is 0.297 e. The van der Waals surface area contributed by atoms with Crippen LogP contribution in [-0.2, 0) is 4.79 Å². The SMILES string of the molecule is C=C1C[C@]2(C)C(C)CCC3(CCCC32)[C@@H](C)C(=O)[C@]1(C)Sc1ccc(Cl)cc1. The van der Waals surface area contributed by atoms with Crippen molar-refractivity contribution in [2.75, 3.05) is 0 Å². The number of Topliss-reactive ketones (excluding diaryl/α,β-unsaturated/α-hetero) is 1. The number of hydrogen-bond acceptors (Lipinski definition) is 2. The highest BCUT2D eigenvalue weighted by Gasteiger charge is 2.63. The van der Waals surface area contributed by atoms with E-state index in [0.29, 0.717) is 17.6 Å². The Kier molecular flexibility index (Phi) is 5.07. The van der Waals surface area contributed by atoms with Gasteiger partial charge < -0.3 is 0 Å². The first-order valence-electron chi connectivity index (χ1n) is 10.8. The molecule has 1 nitrogen and oxygen atoms in total. The Labute approximate surface area is 179 Å². The average molecular weight is 417 g/mol. The monoisotopic (exact) mass is 416 g/mol. The predicted molar refractivity (Wildman–Crippen MR) is 120 cm³/mol. The molecule has 0 spiro atoms. The number of halogens is 1. The van der Waals surface area contributed by atoms with Crippen LogP contribution in [0.15, 0.2) is 41.3 Å². The van der Waals surface area contributed by atoms with Gasteiger partial charge in [0.1, 0.15) is 0 Å². The van der Waals surface area contributed by atoms with E-state index in [1.165, 1.54) is 32.1 Å². The smallest absolute Gasteiger partial charge is 0.156 e. The van der Waals surface area contributed by atoms with Gasteiger partial charge >= 0.3 is 0 Å². The highest BCUT2D eigenvalue weighted by Crippen LogP contribution is 2.68. The van der Waals surface area contributed by atoms with Crippen molar-refractivity contribution >= 4 is 29.1 Å². The number of hydrogen-bond donors (Lipinski definition) is 0. The number of carbonyl (C=O) groups is 1. The lowest BCUT2D eigenvalue weighted by Gasteiger charge is -2.59. The molecule has 152 valence electrons. The van der Waals surface area contributed by atoms with Gasteiger partial charge in [-0.15, -0.1) is 11.8 Å². The first kappa shape index (κ1) is 20.5. The molecule has 6 atom stereocenters. The van der Waals surface area contributed by atoms with Crippen LogP contribution in [-0.4, -0.2) is 10.5 Å². The highest BCUT2D eigenvalue weighted by molar-refractivity contribution is 8.01. The molecule has 3 saturated carbocycles. The van der Waals surface area contributed by atoms with Crippen LogP contribution in [0.4, 0.5) is 0 Å². The zero-order valence-electron chi connectivity index (χ0n) is 17.7. The van der Waals surface area contributed by atoms with E-state index in [1.807, 2.05) is 24.3 Å². The molecule has 1 aromatic rings. The minimum Gasteiger partial charge on any atom is -0.297 e. The molecule has 3 unspecified atom stereocenters. The number of thioether (sulfide) groups is 1. The molecule has 0 heterocycles. The van der Waals surface area contributed by atoms with E-state index < -0.39 is 4.75 Å². The van der Waals surface area contributed by atoms with Crippen molar-refractivity contribution in [3.05, 3.63) is 41.4 Å². The molecule has 0 N–H and O–H groups in total. The molecule has 1 aromatic carbocycles. The van der Waals surface area contributed by atoms with Crippen molar-refractivity contribution in [2.24, 2.45) is 28.6 Å². The van der Waals surface area contributed by atoms with Crippen molar-refractivity contribution in [1.29, 1.82) is 0 Å². The maximum absolute atomic E-state index is 14.0. The van der Waals surface area contributed by atoms with E-state index in [2.05, 4.69) is 34.3 Å². The topological polar surface area (TPSA) is 17.1 Å². The fraction of sp³-hybridized carbons (Fsp3) is 0.640. The van der Waals surface area contributed by atoms with Gasteiger partial charge in [-0.1, -0.05) is 50.9 Å². The molecule has 3 aliphatic rings. The summed E-state index contributed by atoms with van der Waals surface area (Å²) in [4.78, 5) is 15.1. The summed E-state index contributed by atoms with van der Waals surface area (Å²) in [6, 6.07) is 7.89. The van der Waals surface area contributed by atoms with Crippen molar-refractivity contribution in [2.45, 2.75) is 75.9 Å². The van der Waals surface area contributed by atoms with Gasteiger partial charge in [-0.25, -0.2) is 0 Å². The minimum absolute atomic E-state index is 0.0914. The molecule has 3 aliphatic carbocycles. The van der Waals surface area contributed by atoms with Gasteiger partial charge in [-0.05, 0) is 86.0 Å². The lowest BCUT2D eigenvalue weighted by atomic mass is 9.46. The Morgan fingerprint density at radius 1 is 1.11 bits per heavy atom. The normalized spacial score (nSPS) is 43.4. The van der Waals surface area contributed by atoms with E-state index in [4.69, 9.17) is 11.6 Å². The molecule has 3 heteroatoms. The second-order valence-electron chi connectivity index (χ2n) is 10.1. The molecule has 0 aliphatic heterocycles. The zero-order valence-corrected chi connectivity index (χ0v) is 19.3. The van der Waals surface area contributed by atoms with Crippen molar-refractivity contribution in [3.63, 3.8) is 0 Å². The average Bonchev–Trinajstić information content (AvgIpc) is 3.11. The number of carbonyl (C=O) groups excluding carboxylic acids is 1. The van der Waals surface area contributed by atoms with Crippen LogP contribution >= 0.6 is 23.4 Å². The van der Waals surface area contributed by atoms with Crippen molar-refractivity contribution < 1.29 is 4.79 Å². The Balaban J connectivity index is 1.79. The minimum atomic E-state index is -0.577. The summed E-state index contributed by atoms with van der Waals surface area (Å²) in [6.45, 7) is 13.8. The first-order valence-corrected chi connectivity index (χ1v) is 12.0. The molecule has 2 bridgehead atoms. The maximum atomic E-state index is 14.0. The van der Waals surface area contributed by atoms with Crippen LogP contribution in [0.5, 0.6) is 0 Å². The van der Waals surface area contributed by atoms with Crippen LogP contribution in [0.25, 0.3) is 0 Å². The molecule has 0 aromatic heterocycles. The lowest BCUT2D eigenvalue weighted by molar-refractivity contribution is -0.139. The Morgan fingerprint density at radius 2 is 1.79 bits per heavy atom. The summed E-state index contributed by atoms with van der Waals surface area (Å²) in [6.07, 6.45) is 7.22. The molecule has 4 rings (SSSR count). The molecule has 3 fully saturated rings. The van der Waals surface area contributed by atoms with E-state index in [9.17, 15) is 4.79 Å². The molecule has 28 heavy (non-hydrogen) atoms. The fourth-order valence-electron chi connectivity index (χ4n) is 6.91. The second-order valence-corrected chi connectivity index (χ2v) is 12.0. The zero-order chi connectivity index (χ0) is 20.3. The summed E-state index contributed by atoms with van der Waals surface area (Å²) in [7, 11) is 0. The Hall–Kier alpha value is -0.730. The second kappa shape index (κ2) is 6.91. The van der Waals surface area contributed by atoms with Crippen LogP contribution < -0.4 is 0 Å². The molecule has 0 amide bonds. The maximum Gasteiger partial charge on any atom is 0.156 e. The van der Waals surface area contributed by atoms with Gasteiger partial charge in [-0.2, -0.15) is 0 Å². The lowest BCUT2D eigenvalue weighted by Crippen LogP contribution is -2.56. The third-order valence-corrected chi connectivity index (χ3v) is 10.6. The summed E-state index contributed by atoms with van der Waals surface area (Å²) in [5.41, 5.74) is 1.56. The fourth-order valence-corrected chi connectivity index (χ4v) is 8.27. The standard InChI is InChI=1S/C25H33ClOS/c1-16-12-14-25-13-6-7-21(25)23(16,4)15-17(2)24(5,22(27)18(25)3)28-20-10-8-19(26)9-11-20/h8-11,16,18,21H,2,6-7,12-15H2,1,3-5H3/t16?,18-,21?,23+,24+,25?/m0/s1. The third kappa shape index (κ3) is 2.85. The number of benzene rings is 1. The number of rotatable bonds is 2. The highest BCUT2D eigenvalue weighted by atomic mass is 35.5. The van der Waals surface area contributed by atoms with E-state index in [1.54, 1.807) is 11.8 Å². The van der Waals surface area contributed by atoms with Gasteiger partial charge in [-0.3, -0.25) is 4.79 Å². The first-order chi connectivity index (χ1) is 13.1. The Bertz CT molecular complexity index is 801. The van der Waals surface area contributed by atoms with Crippen LogP contribution in [0.1, 0.15) is 66.2 Å². The van der Waals surface area contributed by atoms with Gasteiger partial charge in [0.2, 0.25) is 0 Å². The molecule has 0 radical (unpaired) electrons. The summed E-state index contributed by atoms with van der Waals surface area (Å²) >= 11 is 7.76. The molecular formula is C25H33ClOS. The van der Waals surface area contributed by atoms with Crippen molar-refractivity contribution in [3.8, 4) is 0 Å². The summed E-state index contributed by atoms with van der Waals surface area (Å²) in [5.74, 6) is 1.82. The number of ketones is 1. The van der Waals surface area contributed by atoms with Gasteiger partial charge in [0.15, 0.2) is 5.78 Å². The van der Waals surface area contributed by atoms with Crippen LogP contribution in [0.3, 0.4) is 0 Å². The van der Waals surface area contributed by atoms with Gasteiger partial charge in [0.05, 0.1) is 4.75 Å². The Morgan fingerprint density at radius 3 is 2.46 bits per heavy atom. The summed E-state index contributed by atoms with van der Waals surface area (Å²) in [5, 5.41) is 0.731. The van der Waals surface area contributed by atoms with E-state index in [0.717, 1.165) is 21.9 Å².